The van der Waals surface area contributed by atoms with Crippen LogP contribution in [0, 0.1) is 0 Å². The van der Waals surface area contributed by atoms with Gasteiger partial charge in [0.1, 0.15) is 0 Å². The number of hydrogen-bond donors (Lipinski definition) is 2. The summed E-state index contributed by atoms with van der Waals surface area (Å²) in [5.41, 5.74) is 7.61. The number of morpholine rings is 1. The molecule has 2 aromatic heterocycles. The Morgan fingerprint density at radius 1 is 1.26 bits per heavy atom. The number of anilines is 2. The average Bonchev–Trinajstić information content (AvgIpc) is 2.62. The van der Waals surface area contributed by atoms with Crippen LogP contribution in [0.25, 0.3) is 11.3 Å². The maximum Gasteiger partial charge on any atom is 0.169 e. The van der Waals surface area contributed by atoms with Gasteiger partial charge in [0.25, 0.3) is 0 Å². The number of aromatic nitrogens is 3. The van der Waals surface area contributed by atoms with Crippen molar-refractivity contribution in [2.75, 3.05) is 50.4 Å². The van der Waals surface area contributed by atoms with Crippen LogP contribution in [-0.4, -0.2) is 59.2 Å². The Bertz CT molecular complexity index is 615. The Morgan fingerprint density at radius 3 is 2.91 bits per heavy atom. The molecule has 0 atom stereocenters. The molecule has 0 aliphatic carbocycles. The van der Waals surface area contributed by atoms with Crippen LogP contribution in [0.1, 0.15) is 6.42 Å². The summed E-state index contributed by atoms with van der Waals surface area (Å²) >= 11 is 0. The summed E-state index contributed by atoms with van der Waals surface area (Å²) in [6, 6.07) is 3.83. The lowest BCUT2D eigenvalue weighted by atomic mass is 10.2. The number of rotatable bonds is 6. The molecule has 0 radical (unpaired) electrons. The maximum atomic E-state index is 5.91. The van der Waals surface area contributed by atoms with Crippen LogP contribution in [0.5, 0.6) is 0 Å². The Labute approximate surface area is 135 Å². The summed E-state index contributed by atoms with van der Waals surface area (Å²) in [6.07, 6.45) is 6.20. The zero-order valence-electron chi connectivity index (χ0n) is 13.1. The first-order chi connectivity index (χ1) is 11.3. The van der Waals surface area contributed by atoms with Gasteiger partial charge in [-0.3, -0.25) is 9.88 Å². The van der Waals surface area contributed by atoms with Crippen molar-refractivity contribution in [3.8, 4) is 11.3 Å². The molecule has 2 aromatic rings. The van der Waals surface area contributed by atoms with Gasteiger partial charge in [-0.05, 0) is 25.1 Å². The molecule has 7 heteroatoms. The van der Waals surface area contributed by atoms with Gasteiger partial charge in [0.05, 0.1) is 25.1 Å². The third-order valence-corrected chi connectivity index (χ3v) is 3.81. The predicted octanol–water partition coefficient (Wildman–Crippen LogP) is 1.25. The van der Waals surface area contributed by atoms with E-state index in [-0.39, 0.29) is 0 Å². The van der Waals surface area contributed by atoms with Crippen LogP contribution >= 0.6 is 0 Å². The van der Waals surface area contributed by atoms with E-state index in [1.807, 2.05) is 12.1 Å². The molecule has 0 bridgehead atoms. The highest BCUT2D eigenvalue weighted by atomic mass is 16.5. The zero-order chi connectivity index (χ0) is 15.9. The molecule has 3 N–H and O–H groups in total. The van der Waals surface area contributed by atoms with Gasteiger partial charge in [-0.2, -0.15) is 0 Å². The number of nitrogens with one attached hydrogen (secondary N) is 1. The van der Waals surface area contributed by atoms with E-state index in [0.29, 0.717) is 11.6 Å². The first-order valence-electron chi connectivity index (χ1n) is 7.90. The van der Waals surface area contributed by atoms with Crippen molar-refractivity contribution in [1.29, 1.82) is 0 Å². The van der Waals surface area contributed by atoms with Gasteiger partial charge in [-0.25, -0.2) is 9.97 Å². The highest BCUT2D eigenvalue weighted by Crippen LogP contribution is 2.20. The molecule has 1 saturated heterocycles. The van der Waals surface area contributed by atoms with Crippen LogP contribution in [0.15, 0.2) is 30.7 Å². The number of nitrogen functional groups attached to an aromatic ring is 1. The smallest absolute Gasteiger partial charge is 0.169 e. The molecule has 0 unspecified atom stereocenters. The summed E-state index contributed by atoms with van der Waals surface area (Å²) in [6.45, 7) is 5.55. The first kappa shape index (κ1) is 15.6. The average molecular weight is 314 g/mol. The number of nitrogens with zero attached hydrogens (tertiary/aromatic N) is 4. The van der Waals surface area contributed by atoms with Crippen LogP contribution in [0.4, 0.5) is 11.6 Å². The van der Waals surface area contributed by atoms with Crippen molar-refractivity contribution >= 4 is 11.6 Å². The normalized spacial score (nSPS) is 15.5. The molecule has 122 valence electrons. The molecular weight excluding hydrogens is 292 g/mol. The quantitative estimate of drug-likeness (QED) is 0.776. The number of ether oxygens (including phenoxy) is 1. The fourth-order valence-electron chi connectivity index (χ4n) is 2.52. The molecule has 1 aliphatic rings. The van der Waals surface area contributed by atoms with Gasteiger partial charge in [0.15, 0.2) is 11.6 Å². The zero-order valence-corrected chi connectivity index (χ0v) is 13.1. The Kier molecular flexibility index (Phi) is 5.33. The minimum atomic E-state index is 0.420. The van der Waals surface area contributed by atoms with Gasteiger partial charge in [-0.15, -0.1) is 0 Å². The van der Waals surface area contributed by atoms with Crippen molar-refractivity contribution in [3.63, 3.8) is 0 Å². The van der Waals surface area contributed by atoms with Gasteiger partial charge in [-0.1, -0.05) is 0 Å². The Balaban J connectivity index is 1.55. The van der Waals surface area contributed by atoms with E-state index in [0.717, 1.165) is 57.1 Å². The van der Waals surface area contributed by atoms with Crippen molar-refractivity contribution in [2.24, 2.45) is 0 Å². The molecule has 0 aromatic carbocycles. The van der Waals surface area contributed by atoms with E-state index in [4.69, 9.17) is 10.5 Å². The Hall–Kier alpha value is -2.25. The Morgan fingerprint density at radius 2 is 2.13 bits per heavy atom. The highest BCUT2D eigenvalue weighted by molar-refractivity contribution is 5.64. The van der Waals surface area contributed by atoms with E-state index >= 15 is 0 Å². The summed E-state index contributed by atoms with van der Waals surface area (Å²) in [5, 5.41) is 3.29. The molecule has 0 saturated carbocycles. The van der Waals surface area contributed by atoms with E-state index in [1.165, 1.54) is 0 Å². The monoisotopic (exact) mass is 314 g/mol. The van der Waals surface area contributed by atoms with Crippen LogP contribution in [0.2, 0.25) is 0 Å². The highest BCUT2D eigenvalue weighted by Gasteiger charge is 2.10. The second-order valence-electron chi connectivity index (χ2n) is 5.47. The van der Waals surface area contributed by atoms with Gasteiger partial charge < -0.3 is 15.8 Å². The molecule has 0 amide bonds. The molecule has 3 rings (SSSR count). The lowest BCUT2D eigenvalue weighted by molar-refractivity contribution is 0.0378. The van der Waals surface area contributed by atoms with Crippen molar-refractivity contribution in [1.82, 2.24) is 19.9 Å². The van der Waals surface area contributed by atoms with Gasteiger partial charge >= 0.3 is 0 Å². The fraction of sp³-hybridized carbons (Fsp3) is 0.438. The molecule has 1 aliphatic heterocycles. The lowest BCUT2D eigenvalue weighted by Gasteiger charge is -2.26. The maximum absolute atomic E-state index is 5.91. The topological polar surface area (TPSA) is 89.2 Å². The van der Waals surface area contributed by atoms with Crippen LogP contribution in [0.3, 0.4) is 0 Å². The first-order valence-corrected chi connectivity index (χ1v) is 7.90. The second-order valence-corrected chi connectivity index (χ2v) is 5.47. The van der Waals surface area contributed by atoms with E-state index < -0.39 is 0 Å². The van der Waals surface area contributed by atoms with Crippen molar-refractivity contribution in [3.05, 3.63) is 30.7 Å². The SMILES string of the molecule is Nc1ncc(-c2cccnc2)nc1NCCCN1CCOCC1. The van der Waals surface area contributed by atoms with Gasteiger partial charge in [0, 0.05) is 37.6 Å². The summed E-state index contributed by atoms with van der Waals surface area (Å²) in [5.74, 6) is 1.05. The minimum Gasteiger partial charge on any atom is -0.381 e. The molecular formula is C16H22N6O. The largest absolute Gasteiger partial charge is 0.381 e. The summed E-state index contributed by atoms with van der Waals surface area (Å²) in [7, 11) is 0. The van der Waals surface area contributed by atoms with Crippen LogP contribution in [-0.2, 0) is 4.74 Å². The predicted molar refractivity (Wildman–Crippen MR) is 90.0 cm³/mol. The minimum absolute atomic E-state index is 0.420. The van der Waals surface area contributed by atoms with E-state index in [2.05, 4.69) is 25.2 Å². The van der Waals surface area contributed by atoms with Crippen molar-refractivity contribution in [2.45, 2.75) is 6.42 Å². The number of hydrogen-bond acceptors (Lipinski definition) is 7. The second kappa shape index (κ2) is 7.85. The van der Waals surface area contributed by atoms with Crippen molar-refractivity contribution < 1.29 is 4.74 Å². The molecule has 3 heterocycles. The fourth-order valence-corrected chi connectivity index (χ4v) is 2.52. The van der Waals surface area contributed by atoms with E-state index in [9.17, 15) is 0 Å². The summed E-state index contributed by atoms with van der Waals surface area (Å²) < 4.78 is 5.35. The lowest BCUT2D eigenvalue weighted by Crippen LogP contribution is -2.37. The molecule has 23 heavy (non-hydrogen) atoms. The van der Waals surface area contributed by atoms with E-state index in [1.54, 1.807) is 18.6 Å². The molecule has 1 fully saturated rings. The third-order valence-electron chi connectivity index (χ3n) is 3.81. The molecule has 7 nitrogen and oxygen atoms in total. The standard InChI is InChI=1S/C16H22N6O/c17-15-16(19-5-2-6-22-7-9-23-10-8-22)21-14(12-20-15)13-3-1-4-18-11-13/h1,3-4,11-12H,2,5-10H2,(H2,17,20)(H,19,21). The summed E-state index contributed by atoms with van der Waals surface area (Å²) in [4.78, 5) is 15.3. The van der Waals surface area contributed by atoms with Crippen LogP contribution < -0.4 is 11.1 Å². The van der Waals surface area contributed by atoms with Gasteiger partial charge in [0.2, 0.25) is 0 Å². The third kappa shape index (κ3) is 4.37. The molecule has 0 spiro atoms. The number of nitrogens with two attached hydrogens (primary N) is 1. The number of pyridine rings is 1.